The van der Waals surface area contributed by atoms with Gasteiger partial charge in [0.15, 0.2) is 23.0 Å². The van der Waals surface area contributed by atoms with Crippen LogP contribution in [0.3, 0.4) is 0 Å². The molecule has 22 heteroatoms. The smallest absolute Gasteiger partial charge is 0.273 e. The minimum atomic E-state index is -0.745. The summed E-state index contributed by atoms with van der Waals surface area (Å²) in [5.41, 5.74) is -0.897. The van der Waals surface area contributed by atoms with Crippen molar-refractivity contribution < 1.29 is 66.3 Å². The van der Waals surface area contributed by atoms with Gasteiger partial charge in [-0.05, 0) is 72.1 Å². The van der Waals surface area contributed by atoms with Crippen LogP contribution < -0.4 is 31.9 Å². The van der Waals surface area contributed by atoms with Crippen molar-refractivity contribution in [3.63, 3.8) is 0 Å². The number of amides is 6. The molecule has 0 unspecified atom stereocenters. The number of aryl methyl sites for hydroxylation is 2. The zero-order valence-electron chi connectivity index (χ0n) is 42.6. The Hall–Kier alpha value is -5.58. The first-order valence-corrected chi connectivity index (χ1v) is 22.5. The Morgan fingerprint density at radius 3 is 1.15 bits per heavy atom. The van der Waals surface area contributed by atoms with Crippen molar-refractivity contribution in [2.45, 2.75) is 138 Å². The van der Waals surface area contributed by atoms with Gasteiger partial charge in [-0.3, -0.25) is 38.4 Å². The van der Waals surface area contributed by atoms with E-state index in [1.165, 1.54) is 0 Å². The van der Waals surface area contributed by atoms with E-state index >= 15 is 0 Å². The van der Waals surface area contributed by atoms with E-state index in [0.717, 1.165) is 5.92 Å². The van der Waals surface area contributed by atoms with Gasteiger partial charge >= 0.3 is 0 Å². The summed E-state index contributed by atoms with van der Waals surface area (Å²) in [7, 11) is 3.17. The lowest BCUT2D eigenvalue weighted by molar-refractivity contribution is -0.130. The van der Waals surface area contributed by atoms with Crippen LogP contribution in [0.5, 0.6) is 0 Å². The van der Waals surface area contributed by atoms with Crippen molar-refractivity contribution in [3.8, 4) is 0 Å². The average Bonchev–Trinajstić information content (AvgIpc) is 4.07. The van der Waals surface area contributed by atoms with Crippen LogP contribution in [-0.4, -0.2) is 147 Å². The van der Waals surface area contributed by atoms with E-state index in [0.29, 0.717) is 75.0 Å². The lowest BCUT2D eigenvalue weighted by Gasteiger charge is -2.21. The highest BCUT2D eigenvalue weighted by molar-refractivity contribution is 5.97. The third-order valence-electron chi connectivity index (χ3n) is 8.92. The number of nitrogens with zero attached hydrogens (tertiary/aromatic N) is 2. The van der Waals surface area contributed by atoms with Crippen molar-refractivity contribution >= 4 is 48.0 Å². The second-order valence-electron chi connectivity index (χ2n) is 18.3. The molecule has 2 aliphatic rings. The van der Waals surface area contributed by atoms with Gasteiger partial charge in [0.05, 0.1) is 51.6 Å². The second kappa shape index (κ2) is 32.2. The van der Waals surface area contributed by atoms with Crippen LogP contribution in [0.25, 0.3) is 0 Å². The summed E-state index contributed by atoms with van der Waals surface area (Å²) >= 11 is 0. The van der Waals surface area contributed by atoms with Crippen LogP contribution in [-0.2, 0) is 47.7 Å². The molecule has 0 aliphatic carbocycles. The van der Waals surface area contributed by atoms with Crippen molar-refractivity contribution in [1.29, 1.82) is 0 Å². The summed E-state index contributed by atoms with van der Waals surface area (Å²) in [5.74, 6) is 1.20. The first-order chi connectivity index (χ1) is 31.8. The molecule has 4 heterocycles. The van der Waals surface area contributed by atoms with Gasteiger partial charge in [0.1, 0.15) is 22.7 Å². The first kappa shape index (κ1) is 62.4. The number of aromatic nitrogens is 2. The molecule has 6 N–H and O–H groups in total. The summed E-state index contributed by atoms with van der Waals surface area (Å²) in [6, 6.07) is 2.00. The molecule has 0 saturated carbocycles. The van der Waals surface area contributed by atoms with Crippen LogP contribution in [0, 0.1) is 31.6 Å². The first-order valence-electron chi connectivity index (χ1n) is 22.5. The molecule has 0 radical (unpaired) electrons. The van der Waals surface area contributed by atoms with Crippen LogP contribution in [0.15, 0.2) is 21.2 Å². The number of nitrogens with one attached hydrogen (secondary N) is 6. The molecule has 22 nitrogen and oxygen atoms in total. The normalized spacial score (nSPS) is 18.0. The van der Waals surface area contributed by atoms with Crippen molar-refractivity contribution in [2.24, 2.45) is 17.8 Å². The van der Waals surface area contributed by atoms with Crippen LogP contribution >= 0.6 is 0 Å². The summed E-state index contributed by atoms with van der Waals surface area (Å²) in [5, 5.41) is 22.5. The Morgan fingerprint density at radius 2 is 0.926 bits per heavy atom. The van der Waals surface area contributed by atoms with E-state index in [-0.39, 0.29) is 72.2 Å². The maximum atomic E-state index is 12.1. The quantitative estimate of drug-likeness (QED) is 0.0650. The highest BCUT2D eigenvalue weighted by atomic mass is 16.6. The molecule has 0 aromatic carbocycles. The Kier molecular flexibility index (Phi) is 29.6. The van der Waals surface area contributed by atoms with E-state index in [1.54, 1.807) is 54.0 Å². The number of epoxide rings is 2. The summed E-state index contributed by atoms with van der Waals surface area (Å²) in [6.45, 7) is 26.6. The van der Waals surface area contributed by atoms with Crippen LogP contribution in [0.4, 0.5) is 0 Å². The van der Waals surface area contributed by atoms with E-state index < -0.39 is 23.3 Å². The topological polar surface area (TPSA) is 304 Å². The molecule has 4 rings (SSSR count). The molecule has 2 fully saturated rings. The molecule has 2 aliphatic heterocycles. The number of hydrogen-bond acceptors (Lipinski definition) is 16. The largest absolute Gasteiger partial charge is 0.383 e. The zero-order valence-corrected chi connectivity index (χ0v) is 42.6. The molecular formula is C46H78N8O14. The molecule has 6 amide bonds. The van der Waals surface area contributed by atoms with Gasteiger partial charge in [-0.25, -0.2) is 0 Å². The Bertz CT molecular complexity index is 1720. The lowest BCUT2D eigenvalue weighted by Crippen LogP contribution is -2.48. The highest BCUT2D eigenvalue weighted by Gasteiger charge is 2.51. The third-order valence-corrected chi connectivity index (χ3v) is 8.92. The summed E-state index contributed by atoms with van der Waals surface area (Å²) in [4.78, 5) is 90.4. The van der Waals surface area contributed by atoms with Crippen LogP contribution in [0.1, 0.15) is 122 Å². The molecule has 2 aromatic rings. The van der Waals surface area contributed by atoms with Gasteiger partial charge in [0.25, 0.3) is 11.8 Å². The maximum absolute atomic E-state index is 12.1. The molecule has 68 heavy (non-hydrogen) atoms. The van der Waals surface area contributed by atoms with Crippen molar-refractivity contribution in [2.75, 3.05) is 53.7 Å². The van der Waals surface area contributed by atoms with Gasteiger partial charge in [-0.2, -0.15) is 0 Å². The summed E-state index contributed by atoms with van der Waals surface area (Å²) in [6.07, 6.45) is 2.02. The highest BCUT2D eigenvalue weighted by Crippen LogP contribution is 2.30. The van der Waals surface area contributed by atoms with Gasteiger partial charge in [-0.15, -0.1) is 0 Å². The van der Waals surface area contributed by atoms with E-state index in [1.807, 2.05) is 41.5 Å². The number of carbonyl (C=O) groups excluding carboxylic acids is 8. The Morgan fingerprint density at radius 1 is 0.618 bits per heavy atom. The average molecular weight is 967 g/mol. The second-order valence-corrected chi connectivity index (χ2v) is 18.3. The fourth-order valence-corrected chi connectivity index (χ4v) is 5.53. The fraction of sp³-hybridized carbons (Fsp3) is 0.696. The van der Waals surface area contributed by atoms with Crippen molar-refractivity contribution in [3.05, 3.63) is 35.0 Å². The maximum Gasteiger partial charge on any atom is 0.273 e. The number of ketones is 2. The van der Waals surface area contributed by atoms with E-state index in [4.69, 9.17) is 28.0 Å². The predicted molar refractivity (Wildman–Crippen MR) is 250 cm³/mol. The molecule has 2 saturated heterocycles. The minimum Gasteiger partial charge on any atom is -0.383 e. The third kappa shape index (κ3) is 27.3. The predicted octanol–water partition coefficient (Wildman–Crippen LogP) is 2.40. The summed E-state index contributed by atoms with van der Waals surface area (Å²) < 4.78 is 29.6. The zero-order chi connectivity index (χ0) is 52.2. The standard InChI is InChI=1S/2C12H20N2O4.2C9H14N2O3.C4H10/c2*1-8(2)4-9(11(17)12(3)6-18-12)14-10(16)5-13-7-15;2*1-6(5-13-3)10-9(12)8-4-7(2)14-11-8;1-4(2)3/h2*7-9H,4-6H2,1-3H3,(H,13,15)(H,14,16);2*4,6H,5H2,1-3H3,(H,10,12);4H,1-3H3/t2*9-,12+;2*6-;/m0011./s1. The molecule has 0 spiro atoms. The number of carbonyl (C=O) groups is 8. The fourth-order valence-electron chi connectivity index (χ4n) is 5.53. The van der Waals surface area contributed by atoms with Crippen molar-refractivity contribution in [1.82, 2.24) is 42.2 Å². The number of methoxy groups -OCH3 is 2. The minimum absolute atomic E-state index is 0.0375. The van der Waals surface area contributed by atoms with Gasteiger partial charge in [0, 0.05) is 38.4 Å². The Labute approximate surface area is 400 Å². The molecule has 386 valence electrons. The molecule has 6 atom stereocenters. The number of hydrogen-bond donors (Lipinski definition) is 6. The SMILES string of the molecule is CC(C)C.CC(C)C[C@H](NC(=O)CNC=O)C(=O)[C@@]1(C)CO1.CC(C)C[C@H](NC(=O)CNC=O)C(=O)[C@@]1(C)CO1.COC[C@@H](C)NC(=O)c1cc(C)on1.COC[C@@H](C)NC(=O)c1cc(C)on1. The monoisotopic (exact) mass is 967 g/mol. The number of Topliss-reactive ketones (excluding diaryl/α,β-unsaturated/α-hetero) is 2. The lowest BCUT2D eigenvalue weighted by atomic mass is 9.93. The van der Waals surface area contributed by atoms with Gasteiger partial charge in [0.2, 0.25) is 24.6 Å². The molecular weight excluding hydrogens is 889 g/mol. The number of rotatable bonds is 24. The van der Waals surface area contributed by atoms with Crippen LogP contribution in [0.2, 0.25) is 0 Å². The van der Waals surface area contributed by atoms with E-state index in [9.17, 15) is 38.4 Å². The molecule has 0 bridgehead atoms. The van der Waals surface area contributed by atoms with Gasteiger partial charge < -0.3 is 59.9 Å². The van der Waals surface area contributed by atoms with Gasteiger partial charge in [-0.1, -0.05) is 58.8 Å². The van der Waals surface area contributed by atoms with E-state index in [2.05, 4.69) is 63.0 Å². The Balaban J connectivity index is 0.000000861. The molecule has 2 aromatic heterocycles. The number of ether oxygens (including phenoxy) is 4.